The summed E-state index contributed by atoms with van der Waals surface area (Å²) in [5.41, 5.74) is 0.690. The zero-order valence-corrected chi connectivity index (χ0v) is 11.6. The number of hydrogen-bond acceptors (Lipinski definition) is 3. The minimum atomic E-state index is -0.736. The van der Waals surface area contributed by atoms with Gasteiger partial charge in [0.2, 0.25) is 0 Å². The lowest BCUT2D eigenvalue weighted by Crippen LogP contribution is -2.45. The van der Waals surface area contributed by atoms with Gasteiger partial charge in [0.1, 0.15) is 0 Å². The van der Waals surface area contributed by atoms with Crippen molar-refractivity contribution >= 4 is 5.91 Å². The van der Waals surface area contributed by atoms with E-state index in [0.717, 1.165) is 31.4 Å². The molecule has 1 aromatic heterocycles. The van der Waals surface area contributed by atoms with E-state index < -0.39 is 5.60 Å². The third-order valence-electron chi connectivity index (χ3n) is 3.96. The van der Waals surface area contributed by atoms with Crippen molar-refractivity contribution in [2.24, 2.45) is 5.92 Å². The molecule has 19 heavy (non-hydrogen) atoms. The van der Waals surface area contributed by atoms with E-state index in [2.05, 4.69) is 17.2 Å². The Balaban J connectivity index is 1.88. The highest BCUT2D eigenvalue weighted by Crippen LogP contribution is 2.31. The van der Waals surface area contributed by atoms with Gasteiger partial charge >= 0.3 is 0 Å². The van der Waals surface area contributed by atoms with Crippen molar-refractivity contribution < 1.29 is 9.90 Å². The van der Waals surface area contributed by atoms with Crippen LogP contribution in [0.5, 0.6) is 0 Å². The van der Waals surface area contributed by atoms with Crippen LogP contribution >= 0.6 is 0 Å². The van der Waals surface area contributed by atoms with E-state index in [0.29, 0.717) is 18.0 Å². The number of aromatic nitrogens is 1. The van der Waals surface area contributed by atoms with E-state index in [1.54, 1.807) is 12.3 Å². The summed E-state index contributed by atoms with van der Waals surface area (Å²) in [6.45, 7) is 4.41. The fraction of sp³-hybridized carbons (Fsp3) is 0.600. The number of carbonyl (C=O) groups is 1. The summed E-state index contributed by atoms with van der Waals surface area (Å²) in [5.74, 6) is 0.511. The van der Waals surface area contributed by atoms with Crippen molar-refractivity contribution in [3.05, 3.63) is 29.6 Å². The van der Waals surface area contributed by atoms with Crippen LogP contribution in [-0.2, 0) is 0 Å². The van der Waals surface area contributed by atoms with Gasteiger partial charge in [0, 0.05) is 18.4 Å². The van der Waals surface area contributed by atoms with E-state index in [1.807, 2.05) is 13.0 Å². The van der Waals surface area contributed by atoms with Crippen LogP contribution in [0, 0.1) is 12.8 Å². The molecule has 2 N–H and O–H groups in total. The number of nitrogens with zero attached hydrogens (tertiary/aromatic N) is 1. The molecule has 0 saturated heterocycles. The summed E-state index contributed by atoms with van der Waals surface area (Å²) in [7, 11) is 0. The maximum atomic E-state index is 11.9. The van der Waals surface area contributed by atoms with E-state index >= 15 is 0 Å². The molecule has 1 amide bonds. The standard InChI is InChI=1S/C15H22N2O2/c1-11-5-7-15(19,8-6-11)10-17-14(18)13-4-3-12(2)16-9-13/h3-4,9,11,19H,5-8,10H2,1-2H3,(H,17,18). The summed E-state index contributed by atoms with van der Waals surface area (Å²) in [4.78, 5) is 16.0. The number of carbonyl (C=O) groups excluding carboxylic acids is 1. The van der Waals surface area contributed by atoms with Crippen LogP contribution in [0.4, 0.5) is 0 Å². The first-order valence-electron chi connectivity index (χ1n) is 6.92. The lowest BCUT2D eigenvalue weighted by atomic mass is 9.79. The van der Waals surface area contributed by atoms with Gasteiger partial charge in [0.05, 0.1) is 11.2 Å². The second kappa shape index (κ2) is 5.70. The van der Waals surface area contributed by atoms with Gasteiger partial charge in [-0.3, -0.25) is 9.78 Å². The Morgan fingerprint density at radius 1 is 1.47 bits per heavy atom. The van der Waals surface area contributed by atoms with Gasteiger partial charge in [-0.25, -0.2) is 0 Å². The largest absolute Gasteiger partial charge is 0.388 e. The predicted molar refractivity (Wildman–Crippen MR) is 73.9 cm³/mol. The van der Waals surface area contributed by atoms with E-state index in [-0.39, 0.29) is 5.91 Å². The average molecular weight is 262 g/mol. The van der Waals surface area contributed by atoms with E-state index in [4.69, 9.17) is 0 Å². The Bertz CT molecular complexity index is 434. The molecule has 0 atom stereocenters. The molecule has 0 aliphatic heterocycles. The molecular weight excluding hydrogens is 240 g/mol. The summed E-state index contributed by atoms with van der Waals surface area (Å²) in [6.07, 6.45) is 5.15. The lowest BCUT2D eigenvalue weighted by molar-refractivity contribution is -0.00540. The minimum Gasteiger partial charge on any atom is -0.388 e. The second-order valence-electron chi connectivity index (χ2n) is 5.78. The van der Waals surface area contributed by atoms with E-state index in [1.165, 1.54) is 0 Å². The molecule has 0 radical (unpaired) electrons. The number of pyridine rings is 1. The summed E-state index contributed by atoms with van der Waals surface area (Å²) in [6, 6.07) is 3.57. The predicted octanol–water partition coefficient (Wildman–Crippen LogP) is 2.06. The highest BCUT2D eigenvalue weighted by atomic mass is 16.3. The van der Waals surface area contributed by atoms with Gasteiger partial charge in [-0.15, -0.1) is 0 Å². The number of rotatable bonds is 3. The number of amides is 1. The Hall–Kier alpha value is -1.42. The van der Waals surface area contributed by atoms with Crippen LogP contribution in [0.3, 0.4) is 0 Å². The van der Waals surface area contributed by atoms with Crippen molar-refractivity contribution in [3.8, 4) is 0 Å². The average Bonchev–Trinajstić information content (AvgIpc) is 2.41. The molecular formula is C15H22N2O2. The maximum absolute atomic E-state index is 11.9. The SMILES string of the molecule is Cc1ccc(C(=O)NCC2(O)CCC(C)CC2)cn1. The van der Waals surface area contributed by atoms with E-state index in [9.17, 15) is 9.90 Å². The van der Waals surface area contributed by atoms with Crippen molar-refractivity contribution in [2.45, 2.75) is 45.1 Å². The Morgan fingerprint density at radius 2 is 2.16 bits per heavy atom. The maximum Gasteiger partial charge on any atom is 0.252 e. The second-order valence-corrected chi connectivity index (χ2v) is 5.78. The fourth-order valence-electron chi connectivity index (χ4n) is 2.43. The highest BCUT2D eigenvalue weighted by molar-refractivity contribution is 5.93. The van der Waals surface area contributed by atoms with Crippen LogP contribution in [0.25, 0.3) is 0 Å². The van der Waals surface area contributed by atoms with Crippen LogP contribution in [0.1, 0.15) is 48.7 Å². The fourth-order valence-corrected chi connectivity index (χ4v) is 2.43. The molecule has 1 aromatic rings. The normalized spacial score (nSPS) is 27.0. The Morgan fingerprint density at radius 3 is 2.74 bits per heavy atom. The number of aliphatic hydroxyl groups is 1. The first-order chi connectivity index (χ1) is 8.98. The van der Waals surface area contributed by atoms with Gasteiger partial charge in [-0.05, 0) is 50.7 Å². The van der Waals surface area contributed by atoms with Gasteiger partial charge in [-0.2, -0.15) is 0 Å². The van der Waals surface area contributed by atoms with Gasteiger partial charge in [0.15, 0.2) is 0 Å². The lowest BCUT2D eigenvalue weighted by Gasteiger charge is -2.34. The van der Waals surface area contributed by atoms with Crippen molar-refractivity contribution in [1.82, 2.24) is 10.3 Å². The van der Waals surface area contributed by atoms with Crippen LogP contribution in [0.2, 0.25) is 0 Å². The van der Waals surface area contributed by atoms with Crippen LogP contribution in [-0.4, -0.2) is 28.1 Å². The zero-order valence-electron chi connectivity index (χ0n) is 11.6. The third kappa shape index (κ3) is 3.77. The molecule has 1 saturated carbocycles. The Labute approximate surface area is 114 Å². The van der Waals surface area contributed by atoms with Gasteiger partial charge in [-0.1, -0.05) is 6.92 Å². The first-order valence-corrected chi connectivity index (χ1v) is 6.92. The summed E-state index contributed by atoms with van der Waals surface area (Å²) < 4.78 is 0. The minimum absolute atomic E-state index is 0.167. The van der Waals surface area contributed by atoms with Crippen molar-refractivity contribution in [1.29, 1.82) is 0 Å². The highest BCUT2D eigenvalue weighted by Gasteiger charge is 2.32. The molecule has 2 rings (SSSR count). The molecule has 4 nitrogen and oxygen atoms in total. The van der Waals surface area contributed by atoms with Gasteiger partial charge < -0.3 is 10.4 Å². The number of aryl methyl sites for hydroxylation is 1. The molecule has 0 bridgehead atoms. The summed E-state index contributed by atoms with van der Waals surface area (Å²) >= 11 is 0. The molecule has 1 aliphatic rings. The molecule has 0 aromatic carbocycles. The number of nitrogens with one attached hydrogen (secondary N) is 1. The zero-order chi connectivity index (χ0) is 13.9. The first kappa shape index (κ1) is 14.0. The quantitative estimate of drug-likeness (QED) is 0.876. The van der Waals surface area contributed by atoms with Crippen molar-refractivity contribution in [3.63, 3.8) is 0 Å². The number of hydrogen-bond donors (Lipinski definition) is 2. The third-order valence-corrected chi connectivity index (χ3v) is 3.96. The van der Waals surface area contributed by atoms with Crippen LogP contribution in [0.15, 0.2) is 18.3 Å². The smallest absolute Gasteiger partial charge is 0.252 e. The molecule has 1 fully saturated rings. The van der Waals surface area contributed by atoms with Gasteiger partial charge in [0.25, 0.3) is 5.91 Å². The van der Waals surface area contributed by atoms with Crippen molar-refractivity contribution in [2.75, 3.05) is 6.54 Å². The molecule has 1 aliphatic carbocycles. The molecule has 1 heterocycles. The van der Waals surface area contributed by atoms with Crippen LogP contribution < -0.4 is 5.32 Å². The molecule has 0 spiro atoms. The summed E-state index contributed by atoms with van der Waals surface area (Å²) in [5, 5.41) is 13.2. The molecule has 4 heteroatoms. The topological polar surface area (TPSA) is 62.2 Å². The Kier molecular flexibility index (Phi) is 4.20. The molecule has 0 unspecified atom stereocenters. The molecule has 104 valence electrons. The monoisotopic (exact) mass is 262 g/mol.